The smallest absolute Gasteiger partial charge is 0.283 e. The van der Waals surface area contributed by atoms with Crippen LogP contribution in [-0.2, 0) is 17.8 Å². The minimum absolute atomic E-state index is 0.0324. The highest BCUT2D eigenvalue weighted by Gasteiger charge is 2.35. The number of aliphatic imine (C=N–C) groups is 1. The molecule has 0 radical (unpaired) electrons. The van der Waals surface area contributed by atoms with Gasteiger partial charge in [-0.05, 0) is 46.7 Å². The maximum absolute atomic E-state index is 12.6. The number of amides is 1. The van der Waals surface area contributed by atoms with Crippen molar-refractivity contribution < 1.29 is 9.53 Å². The highest BCUT2D eigenvalue weighted by molar-refractivity contribution is 8.26. The zero-order valence-corrected chi connectivity index (χ0v) is 18.5. The van der Waals surface area contributed by atoms with Gasteiger partial charge >= 0.3 is 0 Å². The predicted molar refractivity (Wildman–Crippen MR) is 132 cm³/mol. The number of ether oxygens (including phenoxy) is 1. The fourth-order valence-electron chi connectivity index (χ4n) is 3.44. The van der Waals surface area contributed by atoms with Crippen LogP contribution in [0, 0.1) is 5.41 Å². The predicted octanol–water partition coefficient (Wildman–Crippen LogP) is 5.13. The van der Waals surface area contributed by atoms with Crippen molar-refractivity contribution in [2.75, 3.05) is 0 Å². The number of carbonyl (C=O) groups is 1. The van der Waals surface area contributed by atoms with Crippen molar-refractivity contribution in [1.82, 2.24) is 5.01 Å². The first-order valence-electron chi connectivity index (χ1n) is 10.5. The summed E-state index contributed by atoms with van der Waals surface area (Å²) in [4.78, 5) is 16.8. The summed E-state index contributed by atoms with van der Waals surface area (Å²) in [5, 5.41) is 15.7. The Kier molecular flexibility index (Phi) is 5.87. The molecule has 0 fully saturated rings. The van der Waals surface area contributed by atoms with Gasteiger partial charge in [0.2, 0.25) is 5.17 Å². The molecule has 1 amide bonds. The van der Waals surface area contributed by atoms with E-state index in [-0.39, 0.29) is 11.4 Å². The largest absolute Gasteiger partial charge is 0.489 e. The van der Waals surface area contributed by atoms with Gasteiger partial charge in [-0.2, -0.15) is 15.1 Å². The normalized spacial score (nSPS) is 16.5. The van der Waals surface area contributed by atoms with E-state index < -0.39 is 5.91 Å². The van der Waals surface area contributed by atoms with Gasteiger partial charge < -0.3 is 4.74 Å². The van der Waals surface area contributed by atoms with Gasteiger partial charge in [0, 0.05) is 6.42 Å². The first-order valence-corrected chi connectivity index (χ1v) is 11.3. The molecule has 0 spiro atoms. The summed E-state index contributed by atoms with van der Waals surface area (Å²) in [6.07, 6.45) is 2.30. The fourth-order valence-corrected chi connectivity index (χ4v) is 4.36. The van der Waals surface area contributed by atoms with Crippen LogP contribution in [0.3, 0.4) is 0 Å². The van der Waals surface area contributed by atoms with Gasteiger partial charge in [-0.1, -0.05) is 72.8 Å². The van der Waals surface area contributed by atoms with Crippen LogP contribution in [0.4, 0.5) is 0 Å². The van der Waals surface area contributed by atoms with E-state index >= 15 is 0 Å². The highest BCUT2D eigenvalue weighted by Crippen LogP contribution is 2.29. The van der Waals surface area contributed by atoms with Crippen molar-refractivity contribution in [3.05, 3.63) is 107 Å². The second-order valence-corrected chi connectivity index (χ2v) is 8.56. The van der Waals surface area contributed by atoms with E-state index in [1.165, 1.54) is 16.8 Å². The number of rotatable bonds is 6. The van der Waals surface area contributed by atoms with Gasteiger partial charge in [0.15, 0.2) is 5.84 Å². The summed E-state index contributed by atoms with van der Waals surface area (Å²) in [5.41, 5.74) is 3.21. The Morgan fingerprint density at radius 1 is 0.909 bits per heavy atom. The van der Waals surface area contributed by atoms with E-state index in [0.29, 0.717) is 18.2 Å². The minimum Gasteiger partial charge on any atom is -0.489 e. The molecule has 7 heteroatoms. The summed E-state index contributed by atoms with van der Waals surface area (Å²) in [7, 11) is 0. The standard InChI is InChI=1S/C26H20N4O2S/c27-24-22(15-19-11-13-21(14-12-19)32-17-20-9-5-2-6-10-20)25(31)28-26-30(24)29-23(33-26)16-18-7-3-1-4-8-18/h1-15,27H,16-17H2. The van der Waals surface area contributed by atoms with E-state index in [0.717, 1.165) is 27.5 Å². The number of amidine groups is 2. The molecule has 1 N–H and O–H groups in total. The van der Waals surface area contributed by atoms with Crippen LogP contribution in [0.5, 0.6) is 5.75 Å². The van der Waals surface area contributed by atoms with Gasteiger partial charge in [0.25, 0.3) is 5.91 Å². The summed E-state index contributed by atoms with van der Waals surface area (Å²) >= 11 is 1.33. The molecule has 33 heavy (non-hydrogen) atoms. The second-order valence-electron chi connectivity index (χ2n) is 7.52. The summed E-state index contributed by atoms with van der Waals surface area (Å²) < 4.78 is 5.82. The number of hydrogen-bond donors (Lipinski definition) is 1. The van der Waals surface area contributed by atoms with Crippen LogP contribution in [-0.4, -0.2) is 27.0 Å². The lowest BCUT2D eigenvalue weighted by Gasteiger charge is -2.20. The van der Waals surface area contributed by atoms with Gasteiger partial charge in [0.05, 0.1) is 5.57 Å². The molecule has 0 saturated heterocycles. The number of thioether (sulfide) groups is 1. The van der Waals surface area contributed by atoms with Crippen LogP contribution < -0.4 is 4.74 Å². The molecular formula is C26H20N4O2S. The van der Waals surface area contributed by atoms with Gasteiger partial charge in [0.1, 0.15) is 17.4 Å². The van der Waals surface area contributed by atoms with Crippen LogP contribution in [0.2, 0.25) is 0 Å². The van der Waals surface area contributed by atoms with Gasteiger partial charge in [-0.15, -0.1) is 0 Å². The molecule has 5 rings (SSSR count). The maximum Gasteiger partial charge on any atom is 0.283 e. The molecule has 2 aliphatic heterocycles. The van der Waals surface area contributed by atoms with Crippen LogP contribution in [0.15, 0.2) is 101 Å². The van der Waals surface area contributed by atoms with Crippen LogP contribution in [0.1, 0.15) is 16.7 Å². The van der Waals surface area contributed by atoms with E-state index in [4.69, 9.17) is 10.1 Å². The molecule has 2 aliphatic rings. The zero-order chi connectivity index (χ0) is 22.6. The van der Waals surface area contributed by atoms with E-state index in [1.54, 1.807) is 6.08 Å². The molecule has 162 valence electrons. The molecule has 3 aromatic carbocycles. The molecular weight excluding hydrogens is 432 g/mol. The lowest BCUT2D eigenvalue weighted by molar-refractivity contribution is -0.114. The average molecular weight is 453 g/mol. The van der Waals surface area contributed by atoms with Crippen LogP contribution >= 0.6 is 11.8 Å². The Morgan fingerprint density at radius 3 is 2.27 bits per heavy atom. The number of carbonyl (C=O) groups excluding carboxylic acids is 1. The lowest BCUT2D eigenvalue weighted by atomic mass is 10.1. The van der Waals surface area contributed by atoms with Crippen molar-refractivity contribution in [3.8, 4) is 5.75 Å². The quantitative estimate of drug-likeness (QED) is 0.526. The van der Waals surface area contributed by atoms with Gasteiger partial charge in [-0.3, -0.25) is 10.2 Å². The number of nitrogens with zero attached hydrogens (tertiary/aromatic N) is 3. The zero-order valence-electron chi connectivity index (χ0n) is 17.6. The van der Waals surface area contributed by atoms with Crippen molar-refractivity contribution in [2.45, 2.75) is 13.0 Å². The number of hydrogen-bond acceptors (Lipinski definition) is 5. The average Bonchev–Trinajstić information content (AvgIpc) is 3.25. The van der Waals surface area contributed by atoms with E-state index in [2.05, 4.69) is 10.1 Å². The Hall–Kier alpha value is -3.97. The second kappa shape index (κ2) is 9.26. The lowest BCUT2D eigenvalue weighted by Crippen LogP contribution is -2.35. The van der Waals surface area contributed by atoms with Crippen molar-refractivity contribution in [3.63, 3.8) is 0 Å². The molecule has 3 aromatic rings. The molecule has 0 saturated carbocycles. The summed E-state index contributed by atoms with van der Waals surface area (Å²) in [6, 6.07) is 27.3. The molecule has 0 bridgehead atoms. The molecule has 2 heterocycles. The highest BCUT2D eigenvalue weighted by atomic mass is 32.2. The maximum atomic E-state index is 12.6. The van der Waals surface area contributed by atoms with Crippen LogP contribution in [0.25, 0.3) is 6.08 Å². The molecule has 0 aromatic heterocycles. The third kappa shape index (κ3) is 4.78. The number of nitrogens with one attached hydrogen (secondary N) is 1. The SMILES string of the molecule is N=C1C(=Cc2ccc(OCc3ccccc3)cc2)C(=O)N=C2SC(Cc3ccccc3)=NN12. The van der Waals surface area contributed by atoms with E-state index in [1.807, 2.05) is 84.9 Å². The molecule has 6 nitrogen and oxygen atoms in total. The summed E-state index contributed by atoms with van der Waals surface area (Å²) in [5.74, 6) is 0.335. The van der Waals surface area contributed by atoms with Crippen molar-refractivity contribution >= 4 is 39.8 Å². The Morgan fingerprint density at radius 2 is 1.58 bits per heavy atom. The van der Waals surface area contributed by atoms with Gasteiger partial charge in [-0.25, -0.2) is 0 Å². The van der Waals surface area contributed by atoms with Crippen molar-refractivity contribution in [2.24, 2.45) is 10.1 Å². The summed E-state index contributed by atoms with van der Waals surface area (Å²) in [6.45, 7) is 0.484. The number of fused-ring (bicyclic) bond motifs is 1. The Bertz CT molecular complexity index is 1280. The monoisotopic (exact) mass is 452 g/mol. The first-order chi connectivity index (χ1) is 16.2. The van der Waals surface area contributed by atoms with Crippen molar-refractivity contribution in [1.29, 1.82) is 5.41 Å². The first kappa shape index (κ1) is 20.9. The Balaban J connectivity index is 1.29. The number of hydrazone groups is 1. The molecule has 0 aliphatic carbocycles. The third-order valence-corrected chi connectivity index (χ3v) is 6.04. The molecule has 0 atom stereocenters. The minimum atomic E-state index is -0.431. The topological polar surface area (TPSA) is 78.1 Å². The number of benzene rings is 3. The molecule has 0 unspecified atom stereocenters. The fraction of sp³-hybridized carbons (Fsp3) is 0.0769. The third-order valence-electron chi connectivity index (χ3n) is 5.13. The van der Waals surface area contributed by atoms with E-state index in [9.17, 15) is 4.79 Å². The Labute approximate surface area is 195 Å².